The predicted molar refractivity (Wildman–Crippen MR) is 141 cm³/mol. The van der Waals surface area contributed by atoms with Crippen LogP contribution in [-0.4, -0.2) is 26.8 Å². The van der Waals surface area contributed by atoms with Gasteiger partial charge in [0, 0.05) is 6.54 Å². The van der Waals surface area contributed by atoms with Crippen LogP contribution in [0, 0.1) is 5.82 Å². The van der Waals surface area contributed by atoms with Crippen molar-refractivity contribution < 1.29 is 9.18 Å². The van der Waals surface area contributed by atoms with Crippen molar-refractivity contribution in [1.82, 2.24) is 20.0 Å². The van der Waals surface area contributed by atoms with Crippen molar-refractivity contribution in [2.75, 3.05) is 5.73 Å². The minimum absolute atomic E-state index is 0.131. The zero-order chi connectivity index (χ0) is 25.2. The number of para-hydroxylation sites is 2. The van der Waals surface area contributed by atoms with Crippen molar-refractivity contribution in [2.24, 2.45) is 5.10 Å². The lowest BCUT2D eigenvalue weighted by Gasteiger charge is -2.06. The van der Waals surface area contributed by atoms with Crippen LogP contribution in [0.2, 0.25) is 0 Å². The predicted octanol–water partition coefficient (Wildman–Crippen LogP) is 5.24. The van der Waals surface area contributed by atoms with E-state index in [0.717, 1.165) is 11.1 Å². The summed E-state index contributed by atoms with van der Waals surface area (Å²) in [7, 11) is 0. The molecular weight excluding hydrogens is 455 g/mol. The fraction of sp³-hybridized carbons (Fsp3) is 0.143. The molecule has 0 aliphatic rings. The van der Waals surface area contributed by atoms with E-state index in [9.17, 15) is 9.18 Å². The molecule has 0 saturated heterocycles. The van der Waals surface area contributed by atoms with E-state index < -0.39 is 5.91 Å². The molecule has 7 nitrogen and oxygen atoms in total. The summed E-state index contributed by atoms with van der Waals surface area (Å²) in [5.41, 5.74) is 11.6. The van der Waals surface area contributed by atoms with Gasteiger partial charge in [0.05, 0.1) is 17.2 Å². The largest absolute Gasteiger partial charge is 0.383 e. The van der Waals surface area contributed by atoms with Gasteiger partial charge < -0.3 is 11.1 Å². The molecule has 5 rings (SSSR count). The molecule has 180 valence electrons. The summed E-state index contributed by atoms with van der Waals surface area (Å²) < 4.78 is 14.7. The highest BCUT2D eigenvalue weighted by atomic mass is 19.1. The van der Waals surface area contributed by atoms with Gasteiger partial charge in [0.15, 0.2) is 5.65 Å². The summed E-state index contributed by atoms with van der Waals surface area (Å²) in [4.78, 5) is 22.6. The maximum absolute atomic E-state index is 13.2. The molecule has 0 atom stereocenters. The lowest BCUT2D eigenvalue weighted by Crippen LogP contribution is -2.23. The van der Waals surface area contributed by atoms with Gasteiger partial charge in [-0.15, -0.1) is 0 Å². The first-order chi connectivity index (χ1) is 17.4. The van der Waals surface area contributed by atoms with Gasteiger partial charge in [-0.25, -0.2) is 14.4 Å². The highest BCUT2D eigenvalue weighted by Crippen LogP contribution is 2.28. The Morgan fingerprint density at radius 1 is 1.03 bits per heavy atom. The van der Waals surface area contributed by atoms with E-state index in [1.165, 1.54) is 22.4 Å². The number of fused-ring (bicyclic) bond motifs is 2. The number of nitrogen functional groups attached to an aromatic ring is 1. The van der Waals surface area contributed by atoms with Crippen molar-refractivity contribution in [2.45, 2.75) is 26.3 Å². The maximum atomic E-state index is 13.2. The summed E-state index contributed by atoms with van der Waals surface area (Å²) in [6.45, 7) is 4.49. The van der Waals surface area contributed by atoms with Crippen LogP contribution in [0.15, 0.2) is 77.9 Å². The summed E-state index contributed by atoms with van der Waals surface area (Å²) >= 11 is 0. The molecule has 2 heterocycles. The van der Waals surface area contributed by atoms with Crippen LogP contribution in [-0.2, 0) is 6.54 Å². The normalized spacial score (nSPS) is 11.7. The third-order valence-electron chi connectivity index (χ3n) is 5.99. The lowest BCUT2D eigenvalue weighted by molar-refractivity contribution is 0.0953. The van der Waals surface area contributed by atoms with Gasteiger partial charge in [0.1, 0.15) is 22.7 Å². The van der Waals surface area contributed by atoms with Gasteiger partial charge in [-0.3, -0.25) is 4.79 Å². The first-order valence-electron chi connectivity index (χ1n) is 11.6. The minimum atomic E-state index is -0.415. The molecule has 0 spiro atoms. The average Bonchev–Trinajstić information content (AvgIpc) is 3.15. The monoisotopic (exact) mass is 480 g/mol. The summed E-state index contributed by atoms with van der Waals surface area (Å²) in [5, 5.41) is 7.40. The van der Waals surface area contributed by atoms with Crippen LogP contribution in [0.1, 0.15) is 46.8 Å². The first kappa shape index (κ1) is 23.2. The van der Waals surface area contributed by atoms with Crippen LogP contribution in [0.4, 0.5) is 10.2 Å². The van der Waals surface area contributed by atoms with E-state index in [0.29, 0.717) is 28.1 Å². The molecule has 5 aromatic rings. The minimum Gasteiger partial charge on any atom is -0.383 e. The van der Waals surface area contributed by atoms with Crippen molar-refractivity contribution in [3.8, 4) is 0 Å². The number of halogens is 1. The van der Waals surface area contributed by atoms with Crippen LogP contribution >= 0.6 is 0 Å². The third-order valence-corrected chi connectivity index (χ3v) is 5.99. The first-order valence-corrected chi connectivity index (χ1v) is 11.6. The number of carbonyl (C=O) groups is 1. The van der Waals surface area contributed by atoms with Gasteiger partial charge >= 0.3 is 0 Å². The number of hydrogen-bond donors (Lipinski definition) is 2. The highest BCUT2D eigenvalue weighted by Gasteiger charge is 2.24. The number of nitrogens with one attached hydrogen (secondary N) is 1. The Kier molecular flexibility index (Phi) is 6.16. The van der Waals surface area contributed by atoms with Gasteiger partial charge in [-0.1, -0.05) is 62.4 Å². The van der Waals surface area contributed by atoms with Crippen LogP contribution < -0.4 is 11.1 Å². The fourth-order valence-corrected chi connectivity index (χ4v) is 3.95. The molecule has 0 aliphatic carbocycles. The number of hydrogen-bond acceptors (Lipinski definition) is 5. The second-order valence-corrected chi connectivity index (χ2v) is 8.83. The molecule has 2 aromatic heterocycles. The molecule has 8 heteroatoms. The summed E-state index contributed by atoms with van der Waals surface area (Å²) in [6.07, 6.45) is 1.68. The number of nitrogens with zero attached hydrogens (tertiary/aromatic N) is 4. The number of anilines is 1. The lowest BCUT2D eigenvalue weighted by atomic mass is 10.0. The van der Waals surface area contributed by atoms with E-state index in [4.69, 9.17) is 10.7 Å². The number of benzene rings is 3. The Morgan fingerprint density at radius 3 is 2.36 bits per heavy atom. The number of amides is 1. The Labute approximate surface area is 207 Å². The van der Waals surface area contributed by atoms with Crippen molar-refractivity contribution in [3.05, 3.63) is 101 Å². The molecular formula is C28H25FN6O. The second-order valence-electron chi connectivity index (χ2n) is 8.83. The Bertz CT molecular complexity index is 1590. The molecule has 0 unspecified atom stereocenters. The fourth-order valence-electron chi connectivity index (χ4n) is 3.95. The Morgan fingerprint density at radius 2 is 1.69 bits per heavy atom. The van der Waals surface area contributed by atoms with Crippen molar-refractivity contribution >= 4 is 40.1 Å². The summed E-state index contributed by atoms with van der Waals surface area (Å²) in [6, 6.07) is 21.4. The van der Waals surface area contributed by atoms with E-state index in [1.54, 1.807) is 18.3 Å². The van der Waals surface area contributed by atoms with Gasteiger partial charge in [0.25, 0.3) is 5.91 Å². The summed E-state index contributed by atoms with van der Waals surface area (Å²) in [5.74, 6) is -0.190. The smallest absolute Gasteiger partial charge is 0.257 e. The van der Waals surface area contributed by atoms with E-state index in [2.05, 4.69) is 41.4 Å². The van der Waals surface area contributed by atoms with Gasteiger partial charge in [-0.05, 0) is 46.9 Å². The topological polar surface area (TPSA) is 98.2 Å². The van der Waals surface area contributed by atoms with Crippen LogP contribution in [0.5, 0.6) is 0 Å². The number of carbonyl (C=O) groups excluding carboxylic acids is 1. The van der Waals surface area contributed by atoms with E-state index in [-0.39, 0.29) is 23.7 Å². The molecule has 36 heavy (non-hydrogen) atoms. The third kappa shape index (κ3) is 4.53. The number of nitrogens with two attached hydrogens (primary N) is 1. The second kappa shape index (κ2) is 9.58. The van der Waals surface area contributed by atoms with Crippen LogP contribution in [0.3, 0.4) is 0 Å². The quantitative estimate of drug-likeness (QED) is 0.325. The maximum Gasteiger partial charge on any atom is 0.257 e. The zero-order valence-corrected chi connectivity index (χ0v) is 19.9. The standard InChI is InChI=1S/C28H25FN6O/c1-17(2)20-11-7-19(8-12-20)16-32-35-26(30)24(28(36)31-15-18-9-13-21(29)14-10-18)25-27(35)34-23-6-4-3-5-22(23)33-25/h3-14,16-17H,15,30H2,1-2H3,(H,31,36)/b32-16+. The Hall–Kier alpha value is -4.59. The molecule has 3 N–H and O–H groups in total. The van der Waals surface area contributed by atoms with E-state index >= 15 is 0 Å². The van der Waals surface area contributed by atoms with Crippen molar-refractivity contribution in [1.29, 1.82) is 0 Å². The molecule has 1 amide bonds. The average molecular weight is 481 g/mol. The number of aromatic nitrogens is 3. The molecule has 0 bridgehead atoms. The number of rotatable bonds is 6. The van der Waals surface area contributed by atoms with Gasteiger partial charge in [-0.2, -0.15) is 9.78 Å². The van der Waals surface area contributed by atoms with E-state index in [1.807, 2.05) is 36.4 Å². The SMILES string of the molecule is CC(C)c1ccc(/C=N/n2c(N)c(C(=O)NCc3ccc(F)cc3)c3nc4ccccc4nc32)cc1. The molecule has 0 radical (unpaired) electrons. The zero-order valence-electron chi connectivity index (χ0n) is 19.9. The van der Waals surface area contributed by atoms with Crippen molar-refractivity contribution in [3.63, 3.8) is 0 Å². The molecule has 0 fully saturated rings. The Balaban J connectivity index is 1.55. The van der Waals surface area contributed by atoms with Crippen LogP contribution in [0.25, 0.3) is 22.2 Å². The highest BCUT2D eigenvalue weighted by molar-refractivity contribution is 6.10. The molecule has 3 aromatic carbocycles. The molecule has 0 saturated carbocycles. The van der Waals surface area contributed by atoms with Gasteiger partial charge in [0.2, 0.25) is 0 Å². The molecule has 0 aliphatic heterocycles.